The Morgan fingerprint density at radius 3 is 1.58 bits per heavy atom. The summed E-state index contributed by atoms with van der Waals surface area (Å²) in [6, 6.07) is 4.33. The summed E-state index contributed by atoms with van der Waals surface area (Å²) in [5.74, 6) is -0.0787. The first kappa shape index (κ1) is 11.0. The molecule has 0 radical (unpaired) electrons. The Morgan fingerprint density at radius 1 is 1.08 bits per heavy atom. The quantitative estimate of drug-likeness (QED) is 0.552. The fourth-order valence-corrected chi connectivity index (χ4v) is 1.48. The average Bonchev–Trinajstić information content (AvgIpc) is 2.51. The van der Waals surface area contributed by atoms with Crippen molar-refractivity contribution in [3.05, 3.63) is 0 Å². The van der Waals surface area contributed by atoms with E-state index in [1.54, 1.807) is 0 Å². The molecule has 0 aromatic carbocycles. The molecule has 0 aromatic heterocycles. The van der Waals surface area contributed by atoms with Gasteiger partial charge in [0.25, 0.3) is 0 Å². The summed E-state index contributed by atoms with van der Waals surface area (Å²) >= 11 is 0. The van der Waals surface area contributed by atoms with Gasteiger partial charge in [-0.2, -0.15) is 10.5 Å². The van der Waals surface area contributed by atoms with Crippen molar-refractivity contribution in [3.63, 3.8) is 0 Å². The van der Waals surface area contributed by atoms with Gasteiger partial charge in [-0.1, -0.05) is 27.7 Å². The van der Waals surface area contributed by atoms with Gasteiger partial charge in [0, 0.05) is 5.41 Å². The molecule has 0 amide bonds. The Hall–Kier alpha value is -1.02. The van der Waals surface area contributed by atoms with Crippen LogP contribution >= 0.6 is 0 Å². The largest absolute Gasteiger partial charge is 0.198 e. The molecule has 12 heavy (non-hydrogen) atoms. The normalized spacial score (nSPS) is 35.1. The predicted octanol–water partition coefficient (Wildman–Crippen LogP) is 2.72. The van der Waals surface area contributed by atoms with Gasteiger partial charge in [-0.3, -0.25) is 0 Å². The zero-order valence-corrected chi connectivity index (χ0v) is 8.47. The van der Waals surface area contributed by atoms with E-state index >= 15 is 0 Å². The van der Waals surface area contributed by atoms with Crippen LogP contribution in [0.4, 0.5) is 0 Å². The van der Waals surface area contributed by atoms with Crippen molar-refractivity contribution in [2.24, 2.45) is 16.7 Å². The number of nitrogens with zero attached hydrogens (tertiary/aromatic N) is 2. The summed E-state index contributed by atoms with van der Waals surface area (Å²) in [5, 5.41) is 17.3. The second-order valence-corrected chi connectivity index (χ2v) is 3.60. The van der Waals surface area contributed by atoms with E-state index in [-0.39, 0.29) is 11.3 Å². The molecule has 1 aliphatic carbocycles. The van der Waals surface area contributed by atoms with Crippen molar-refractivity contribution >= 4 is 0 Å². The highest BCUT2D eigenvalue weighted by Crippen LogP contribution is 2.67. The highest BCUT2D eigenvalue weighted by molar-refractivity contribution is 5.31. The summed E-state index contributed by atoms with van der Waals surface area (Å²) in [5.41, 5.74) is -0.502. The van der Waals surface area contributed by atoms with E-state index in [2.05, 4.69) is 12.1 Å². The fourth-order valence-electron chi connectivity index (χ4n) is 1.48. The van der Waals surface area contributed by atoms with Crippen LogP contribution in [0.2, 0.25) is 0 Å². The van der Waals surface area contributed by atoms with Crippen molar-refractivity contribution in [2.45, 2.75) is 34.6 Å². The monoisotopic (exact) mass is 164 g/mol. The molecule has 2 nitrogen and oxygen atoms in total. The second kappa shape index (κ2) is 3.15. The van der Waals surface area contributed by atoms with Crippen LogP contribution in [0.15, 0.2) is 0 Å². The molecule has 0 heterocycles. The Bertz CT molecular complexity index is 242. The lowest BCUT2D eigenvalue weighted by atomic mass is 10.0. The second-order valence-electron chi connectivity index (χ2n) is 3.60. The minimum absolute atomic E-state index is 0.0787. The molecule has 0 spiro atoms. The van der Waals surface area contributed by atoms with Gasteiger partial charge >= 0.3 is 0 Å². The highest BCUT2D eigenvalue weighted by Gasteiger charge is 2.69. The zero-order valence-electron chi connectivity index (χ0n) is 8.47. The molecule has 2 atom stereocenters. The Kier molecular flexibility index (Phi) is 2.88. The maximum absolute atomic E-state index is 8.70. The molecule has 0 aromatic rings. The topological polar surface area (TPSA) is 47.6 Å². The third-order valence-corrected chi connectivity index (χ3v) is 2.92. The van der Waals surface area contributed by atoms with E-state index in [1.165, 1.54) is 0 Å². The standard InChI is InChI=1S/C8H10N2.C2H6/c1-7(2)6(4-9)8(7,3)5-10;1-2/h6H,1-3H3;1-2H3. The Morgan fingerprint density at radius 2 is 1.50 bits per heavy atom. The number of rotatable bonds is 0. The van der Waals surface area contributed by atoms with Gasteiger partial charge in [0.05, 0.1) is 23.5 Å². The maximum Gasteiger partial charge on any atom is 0.0773 e. The van der Waals surface area contributed by atoms with Crippen molar-refractivity contribution in [1.82, 2.24) is 0 Å². The van der Waals surface area contributed by atoms with Gasteiger partial charge in [0.1, 0.15) is 0 Å². The van der Waals surface area contributed by atoms with Gasteiger partial charge in [-0.05, 0) is 6.92 Å². The third-order valence-electron chi connectivity index (χ3n) is 2.92. The smallest absolute Gasteiger partial charge is 0.0773 e. The predicted molar refractivity (Wildman–Crippen MR) is 48.0 cm³/mol. The Balaban J connectivity index is 0.000000561. The molecule has 1 aliphatic rings. The molecule has 1 rings (SSSR count). The number of hydrogen-bond acceptors (Lipinski definition) is 2. The molecule has 2 heteroatoms. The SMILES string of the molecule is CC.CC1(C)C(C#N)C1(C)C#N. The van der Waals surface area contributed by atoms with Crippen LogP contribution in [0.3, 0.4) is 0 Å². The molecule has 0 saturated heterocycles. The first-order valence-electron chi connectivity index (χ1n) is 4.31. The van der Waals surface area contributed by atoms with Crippen LogP contribution in [0.25, 0.3) is 0 Å². The van der Waals surface area contributed by atoms with Crippen LogP contribution in [0.5, 0.6) is 0 Å². The van der Waals surface area contributed by atoms with Crippen LogP contribution in [-0.4, -0.2) is 0 Å². The van der Waals surface area contributed by atoms with Crippen LogP contribution in [0.1, 0.15) is 34.6 Å². The Labute approximate surface area is 74.8 Å². The van der Waals surface area contributed by atoms with Gasteiger partial charge in [0.15, 0.2) is 0 Å². The van der Waals surface area contributed by atoms with Crippen LogP contribution < -0.4 is 0 Å². The summed E-state index contributed by atoms with van der Waals surface area (Å²) in [6.07, 6.45) is 0. The maximum atomic E-state index is 8.70. The first-order valence-corrected chi connectivity index (χ1v) is 4.31. The van der Waals surface area contributed by atoms with Crippen molar-refractivity contribution in [3.8, 4) is 12.1 Å². The lowest BCUT2D eigenvalue weighted by Crippen LogP contribution is -1.98. The van der Waals surface area contributed by atoms with Crippen molar-refractivity contribution in [2.75, 3.05) is 0 Å². The fraction of sp³-hybridized carbons (Fsp3) is 0.800. The minimum Gasteiger partial charge on any atom is -0.198 e. The van der Waals surface area contributed by atoms with Crippen molar-refractivity contribution < 1.29 is 0 Å². The molecule has 66 valence electrons. The van der Waals surface area contributed by atoms with E-state index in [4.69, 9.17) is 10.5 Å². The molecular weight excluding hydrogens is 148 g/mol. The molecule has 1 saturated carbocycles. The number of nitriles is 2. The zero-order chi connectivity index (χ0) is 9.99. The van der Waals surface area contributed by atoms with E-state index in [9.17, 15) is 0 Å². The van der Waals surface area contributed by atoms with E-state index in [0.717, 1.165) is 0 Å². The molecular formula is C10H16N2. The number of hydrogen-bond donors (Lipinski definition) is 0. The van der Waals surface area contributed by atoms with Gasteiger partial charge in [0.2, 0.25) is 0 Å². The van der Waals surface area contributed by atoms with Crippen LogP contribution in [-0.2, 0) is 0 Å². The summed E-state index contributed by atoms with van der Waals surface area (Å²) in [7, 11) is 0. The van der Waals surface area contributed by atoms with Crippen molar-refractivity contribution in [1.29, 1.82) is 10.5 Å². The average molecular weight is 164 g/mol. The molecule has 1 fully saturated rings. The summed E-state index contributed by atoms with van der Waals surface area (Å²) < 4.78 is 0. The van der Waals surface area contributed by atoms with Crippen LogP contribution in [0, 0.1) is 39.4 Å². The lowest BCUT2D eigenvalue weighted by Gasteiger charge is -2.00. The van der Waals surface area contributed by atoms with Gasteiger partial charge in [-0.15, -0.1) is 0 Å². The molecule has 0 N–H and O–H groups in total. The molecule has 2 unspecified atom stereocenters. The lowest BCUT2D eigenvalue weighted by molar-refractivity contribution is 0.510. The summed E-state index contributed by atoms with van der Waals surface area (Å²) in [6.45, 7) is 9.77. The molecule has 0 aliphatic heterocycles. The van der Waals surface area contributed by atoms with Gasteiger partial charge < -0.3 is 0 Å². The van der Waals surface area contributed by atoms with E-state index in [1.807, 2.05) is 34.6 Å². The van der Waals surface area contributed by atoms with E-state index < -0.39 is 5.41 Å². The third kappa shape index (κ3) is 1.08. The minimum atomic E-state index is -0.401. The van der Waals surface area contributed by atoms with Gasteiger partial charge in [-0.25, -0.2) is 0 Å². The first-order chi connectivity index (χ1) is 5.50. The summed E-state index contributed by atoms with van der Waals surface area (Å²) in [4.78, 5) is 0. The highest BCUT2D eigenvalue weighted by atomic mass is 14.7. The molecule has 0 bridgehead atoms. The van der Waals surface area contributed by atoms with E-state index in [0.29, 0.717) is 0 Å².